The zero-order valence-electron chi connectivity index (χ0n) is 12.9. The van der Waals surface area contributed by atoms with Crippen LogP contribution in [0.25, 0.3) is 0 Å². The number of nitrogens with one attached hydrogen (secondary N) is 2. The second kappa shape index (κ2) is 6.16. The first-order valence-electron chi connectivity index (χ1n) is 7.41. The highest BCUT2D eigenvalue weighted by atomic mass is 16.2. The molecule has 0 saturated heterocycles. The summed E-state index contributed by atoms with van der Waals surface area (Å²) in [5, 5.41) is 6.07. The molecule has 0 atom stereocenters. The largest absolute Gasteiger partial charge is 0.370 e. The van der Waals surface area contributed by atoms with Crippen LogP contribution in [0.4, 0.5) is 11.4 Å². The Morgan fingerprint density at radius 1 is 1.33 bits per heavy atom. The monoisotopic (exact) mass is 289 g/mol. The van der Waals surface area contributed by atoms with Crippen molar-refractivity contribution in [1.82, 2.24) is 5.32 Å². The summed E-state index contributed by atoms with van der Waals surface area (Å²) in [4.78, 5) is 26.1. The fourth-order valence-corrected chi connectivity index (χ4v) is 2.41. The van der Waals surface area contributed by atoms with E-state index in [9.17, 15) is 9.59 Å². The van der Waals surface area contributed by atoms with Crippen LogP contribution in [-0.4, -0.2) is 30.4 Å². The maximum absolute atomic E-state index is 12.6. The van der Waals surface area contributed by atoms with Crippen LogP contribution >= 0.6 is 0 Å². The van der Waals surface area contributed by atoms with Crippen molar-refractivity contribution in [3.05, 3.63) is 24.3 Å². The average Bonchev–Trinajstić information content (AvgIpc) is 2.44. The van der Waals surface area contributed by atoms with Gasteiger partial charge in [0, 0.05) is 6.54 Å². The van der Waals surface area contributed by atoms with Crippen molar-refractivity contribution in [3.63, 3.8) is 0 Å². The van der Waals surface area contributed by atoms with Crippen LogP contribution in [0.2, 0.25) is 0 Å². The topological polar surface area (TPSA) is 61.4 Å². The summed E-state index contributed by atoms with van der Waals surface area (Å²) in [6.45, 7) is 6.44. The Kier molecular flexibility index (Phi) is 4.50. The number of para-hydroxylation sites is 2. The van der Waals surface area contributed by atoms with E-state index in [1.807, 2.05) is 38.1 Å². The van der Waals surface area contributed by atoms with E-state index in [0.29, 0.717) is 6.54 Å². The molecule has 114 valence electrons. The number of fused-ring (bicyclic) bond motifs is 1. The Morgan fingerprint density at radius 3 is 2.76 bits per heavy atom. The molecule has 0 aliphatic carbocycles. The molecule has 0 bridgehead atoms. The van der Waals surface area contributed by atoms with E-state index < -0.39 is 5.54 Å². The molecule has 2 amide bonds. The number of nitrogens with zero attached hydrogens (tertiary/aromatic N) is 1. The summed E-state index contributed by atoms with van der Waals surface area (Å²) in [6, 6.07) is 7.56. The van der Waals surface area contributed by atoms with Crippen LogP contribution in [0.15, 0.2) is 24.3 Å². The lowest BCUT2D eigenvalue weighted by atomic mass is 9.98. The van der Waals surface area contributed by atoms with E-state index in [0.717, 1.165) is 24.2 Å². The van der Waals surface area contributed by atoms with E-state index in [2.05, 4.69) is 17.6 Å². The van der Waals surface area contributed by atoms with Crippen molar-refractivity contribution in [2.45, 2.75) is 39.2 Å². The predicted molar refractivity (Wildman–Crippen MR) is 84.4 cm³/mol. The Bertz CT molecular complexity index is 540. The highest BCUT2D eigenvalue weighted by molar-refractivity contribution is 6.09. The summed E-state index contributed by atoms with van der Waals surface area (Å²) in [7, 11) is 0. The normalized spacial score (nSPS) is 16.1. The van der Waals surface area contributed by atoms with Gasteiger partial charge in [0.2, 0.25) is 5.91 Å². The first-order chi connectivity index (χ1) is 9.95. The summed E-state index contributed by atoms with van der Waals surface area (Å²) in [6.07, 6.45) is 1.98. The van der Waals surface area contributed by atoms with Gasteiger partial charge in [0.05, 0.1) is 11.4 Å². The molecule has 1 aromatic carbocycles. The van der Waals surface area contributed by atoms with Gasteiger partial charge in [-0.25, -0.2) is 0 Å². The lowest BCUT2D eigenvalue weighted by molar-refractivity contribution is -0.125. The zero-order chi connectivity index (χ0) is 15.5. The van der Waals surface area contributed by atoms with Crippen molar-refractivity contribution >= 4 is 23.2 Å². The van der Waals surface area contributed by atoms with Gasteiger partial charge in [-0.2, -0.15) is 0 Å². The highest BCUT2D eigenvalue weighted by Gasteiger charge is 2.39. The van der Waals surface area contributed by atoms with Crippen molar-refractivity contribution in [3.8, 4) is 0 Å². The minimum absolute atomic E-state index is 0.0602. The third-order valence-corrected chi connectivity index (χ3v) is 3.58. The summed E-state index contributed by atoms with van der Waals surface area (Å²) in [5.41, 5.74) is 0.925. The van der Waals surface area contributed by atoms with E-state index >= 15 is 0 Å². The zero-order valence-corrected chi connectivity index (χ0v) is 12.9. The molecule has 1 aliphatic heterocycles. The number of rotatable bonds is 5. The van der Waals surface area contributed by atoms with Gasteiger partial charge in [0.15, 0.2) is 0 Å². The van der Waals surface area contributed by atoms with Crippen molar-refractivity contribution in [2.24, 2.45) is 0 Å². The maximum Gasteiger partial charge on any atom is 0.252 e. The van der Waals surface area contributed by atoms with E-state index in [1.54, 1.807) is 4.90 Å². The first kappa shape index (κ1) is 15.4. The molecule has 0 unspecified atom stereocenters. The molecule has 0 spiro atoms. The SMILES string of the molecule is CCCCNC(=O)CN1C(=O)C(C)(C)Nc2ccccc21. The Balaban J connectivity index is 2.17. The number of carbonyl (C=O) groups excluding carboxylic acids is 2. The Hall–Kier alpha value is -2.04. The first-order valence-corrected chi connectivity index (χ1v) is 7.41. The molecule has 1 aromatic rings. The van der Waals surface area contributed by atoms with Crippen LogP contribution in [0.3, 0.4) is 0 Å². The van der Waals surface area contributed by atoms with Crippen LogP contribution < -0.4 is 15.5 Å². The highest BCUT2D eigenvalue weighted by Crippen LogP contribution is 2.34. The third kappa shape index (κ3) is 3.35. The number of amides is 2. The van der Waals surface area contributed by atoms with Gasteiger partial charge in [-0.1, -0.05) is 25.5 Å². The number of benzene rings is 1. The van der Waals surface area contributed by atoms with Crippen LogP contribution in [0, 0.1) is 0 Å². The molecule has 0 fully saturated rings. The Labute approximate surface area is 125 Å². The number of unbranched alkanes of at least 4 members (excludes halogenated alkanes) is 1. The fraction of sp³-hybridized carbons (Fsp3) is 0.500. The fourth-order valence-electron chi connectivity index (χ4n) is 2.41. The molecular formula is C16H23N3O2. The predicted octanol–water partition coefficient (Wildman–Crippen LogP) is 2.14. The lowest BCUT2D eigenvalue weighted by Gasteiger charge is -2.39. The third-order valence-electron chi connectivity index (χ3n) is 3.58. The molecule has 0 radical (unpaired) electrons. The summed E-state index contributed by atoms with van der Waals surface area (Å²) in [5.74, 6) is -0.212. The number of anilines is 2. The van der Waals surface area contributed by atoms with Gasteiger partial charge in [-0.05, 0) is 32.4 Å². The van der Waals surface area contributed by atoms with Crippen molar-refractivity contribution in [2.75, 3.05) is 23.3 Å². The molecule has 1 aliphatic rings. The second-order valence-corrected chi connectivity index (χ2v) is 5.86. The summed E-state index contributed by atoms with van der Waals surface area (Å²) >= 11 is 0. The molecule has 2 rings (SSSR count). The van der Waals surface area contributed by atoms with Crippen molar-refractivity contribution in [1.29, 1.82) is 0 Å². The van der Waals surface area contributed by atoms with Gasteiger partial charge in [-0.3, -0.25) is 14.5 Å². The quantitative estimate of drug-likeness (QED) is 0.816. The molecular weight excluding hydrogens is 266 g/mol. The van der Waals surface area contributed by atoms with Crippen LogP contribution in [-0.2, 0) is 9.59 Å². The summed E-state index contributed by atoms with van der Waals surface area (Å²) < 4.78 is 0. The van der Waals surface area contributed by atoms with E-state index in [-0.39, 0.29) is 18.4 Å². The average molecular weight is 289 g/mol. The van der Waals surface area contributed by atoms with Gasteiger partial charge < -0.3 is 10.6 Å². The molecule has 5 nitrogen and oxygen atoms in total. The van der Waals surface area contributed by atoms with Gasteiger partial charge in [-0.15, -0.1) is 0 Å². The molecule has 0 aromatic heterocycles. The van der Waals surface area contributed by atoms with Crippen molar-refractivity contribution < 1.29 is 9.59 Å². The van der Waals surface area contributed by atoms with Gasteiger partial charge >= 0.3 is 0 Å². The standard InChI is InChI=1S/C16H23N3O2/c1-4-5-10-17-14(20)11-19-13-9-7-6-8-12(13)18-16(2,3)15(19)21/h6-9,18H,4-5,10-11H2,1-3H3,(H,17,20). The van der Waals surface area contributed by atoms with Gasteiger partial charge in [0.1, 0.15) is 12.1 Å². The lowest BCUT2D eigenvalue weighted by Crippen LogP contribution is -2.56. The number of hydrogen-bond acceptors (Lipinski definition) is 3. The smallest absolute Gasteiger partial charge is 0.252 e. The molecule has 1 heterocycles. The van der Waals surface area contributed by atoms with E-state index in [1.165, 1.54) is 0 Å². The minimum atomic E-state index is -0.710. The molecule has 5 heteroatoms. The molecule has 2 N–H and O–H groups in total. The second-order valence-electron chi connectivity index (χ2n) is 5.86. The number of hydrogen-bond donors (Lipinski definition) is 2. The maximum atomic E-state index is 12.6. The Morgan fingerprint density at radius 2 is 2.05 bits per heavy atom. The van der Waals surface area contributed by atoms with Gasteiger partial charge in [0.25, 0.3) is 5.91 Å². The minimum Gasteiger partial charge on any atom is -0.370 e. The van der Waals surface area contributed by atoms with Crippen LogP contribution in [0.5, 0.6) is 0 Å². The molecule has 0 saturated carbocycles. The van der Waals surface area contributed by atoms with Crippen LogP contribution in [0.1, 0.15) is 33.6 Å². The molecule has 21 heavy (non-hydrogen) atoms. The van der Waals surface area contributed by atoms with E-state index in [4.69, 9.17) is 0 Å². The number of carbonyl (C=O) groups is 2.